The highest BCUT2D eigenvalue weighted by molar-refractivity contribution is 7.99. The van der Waals surface area contributed by atoms with E-state index in [2.05, 4.69) is 27.2 Å². The molecule has 0 aliphatic carbocycles. The van der Waals surface area contributed by atoms with Gasteiger partial charge < -0.3 is 25.4 Å². The van der Waals surface area contributed by atoms with Gasteiger partial charge in [0, 0.05) is 18.1 Å². The third-order valence-corrected chi connectivity index (χ3v) is 5.89. The molecule has 4 atom stereocenters. The molecule has 9 nitrogen and oxygen atoms in total. The Morgan fingerprint density at radius 3 is 2.74 bits per heavy atom. The van der Waals surface area contributed by atoms with E-state index in [0.29, 0.717) is 22.1 Å². The zero-order chi connectivity index (χ0) is 19.4. The molecule has 1 fully saturated rings. The lowest BCUT2D eigenvalue weighted by molar-refractivity contribution is -0.0511. The van der Waals surface area contributed by atoms with Gasteiger partial charge in [0.1, 0.15) is 18.3 Å². The van der Waals surface area contributed by atoms with Crippen molar-refractivity contribution >= 4 is 40.5 Å². The first-order valence-corrected chi connectivity index (χ1v) is 11.2. The molecule has 0 bridgehead atoms. The molecule has 1 saturated heterocycles. The van der Waals surface area contributed by atoms with Gasteiger partial charge in [0.2, 0.25) is 0 Å². The Kier molecular flexibility index (Phi) is 7.17. The van der Waals surface area contributed by atoms with Crippen LogP contribution in [0, 0.1) is 0 Å². The van der Waals surface area contributed by atoms with Crippen LogP contribution in [-0.2, 0) is 4.74 Å². The molecule has 150 valence electrons. The zero-order valence-electron chi connectivity index (χ0n) is 15.3. The third-order valence-electron chi connectivity index (χ3n) is 4.23. The van der Waals surface area contributed by atoms with Gasteiger partial charge in [0.05, 0.1) is 12.9 Å². The number of hydrogen-bond donors (Lipinski definition) is 4. The maximum Gasteiger partial charge on any atom is 0.191 e. The fraction of sp³-hybridized carbons (Fsp3) is 0.688. The second-order valence-corrected chi connectivity index (χ2v) is 8.22. The molecule has 1 aliphatic heterocycles. The Labute approximate surface area is 165 Å². The molecule has 3 heterocycles. The fourth-order valence-corrected chi connectivity index (χ4v) is 3.85. The SMILES string of the molecule is CCCSc1nc(NCCSC)c2ncn([C@@H]3O[C@H](CO)C(O)C3O)c2n1. The number of ether oxygens (including phenoxy) is 1. The van der Waals surface area contributed by atoms with Gasteiger partial charge in [-0.25, -0.2) is 15.0 Å². The van der Waals surface area contributed by atoms with Crippen LogP contribution in [0.5, 0.6) is 0 Å². The molecule has 0 aromatic carbocycles. The maximum atomic E-state index is 10.3. The summed E-state index contributed by atoms with van der Waals surface area (Å²) in [5.41, 5.74) is 1.10. The normalized spacial score (nSPS) is 25.4. The average molecular weight is 416 g/mol. The second kappa shape index (κ2) is 9.39. The number of thioether (sulfide) groups is 2. The van der Waals surface area contributed by atoms with Crippen LogP contribution < -0.4 is 5.32 Å². The summed E-state index contributed by atoms with van der Waals surface area (Å²) in [6.07, 6.45) is 0.471. The summed E-state index contributed by atoms with van der Waals surface area (Å²) in [6, 6.07) is 0. The molecule has 0 amide bonds. The van der Waals surface area contributed by atoms with Gasteiger partial charge in [0.15, 0.2) is 28.4 Å². The van der Waals surface area contributed by atoms with Gasteiger partial charge >= 0.3 is 0 Å². The standard InChI is InChI=1S/C16H25N5O4S2/c1-3-5-27-16-19-13(17-4-6-26-2)10-14(20-16)21(8-18-10)15-12(24)11(23)9(7-22)25-15/h8-9,11-12,15,22-24H,3-7H2,1-2H3,(H,17,19,20)/t9-,11?,12?,15-/m1/s1. The van der Waals surface area contributed by atoms with Crippen LogP contribution in [0.15, 0.2) is 11.5 Å². The number of fused-ring (bicyclic) bond motifs is 1. The molecule has 3 rings (SSSR count). The molecule has 0 saturated carbocycles. The summed E-state index contributed by atoms with van der Waals surface area (Å²) in [7, 11) is 0. The van der Waals surface area contributed by atoms with Crippen molar-refractivity contribution in [3.63, 3.8) is 0 Å². The lowest BCUT2D eigenvalue weighted by atomic mass is 10.1. The van der Waals surface area contributed by atoms with Crippen molar-refractivity contribution in [3.05, 3.63) is 6.33 Å². The predicted molar refractivity (Wildman–Crippen MR) is 106 cm³/mol. The summed E-state index contributed by atoms with van der Waals surface area (Å²) < 4.78 is 7.22. The van der Waals surface area contributed by atoms with Crippen LogP contribution in [0.25, 0.3) is 11.2 Å². The Bertz CT molecular complexity index is 762. The van der Waals surface area contributed by atoms with E-state index < -0.39 is 24.5 Å². The Morgan fingerprint density at radius 2 is 2.07 bits per heavy atom. The molecule has 2 aromatic heterocycles. The van der Waals surface area contributed by atoms with E-state index >= 15 is 0 Å². The van der Waals surface area contributed by atoms with Crippen LogP contribution in [0.3, 0.4) is 0 Å². The van der Waals surface area contributed by atoms with Crippen LogP contribution in [-0.4, -0.2) is 84.1 Å². The maximum absolute atomic E-state index is 10.3. The fourth-order valence-electron chi connectivity index (χ4n) is 2.85. The third kappa shape index (κ3) is 4.33. The van der Waals surface area contributed by atoms with Gasteiger partial charge in [-0.15, -0.1) is 0 Å². The minimum Gasteiger partial charge on any atom is -0.394 e. The van der Waals surface area contributed by atoms with Crippen LogP contribution in [0.4, 0.5) is 5.82 Å². The Hall–Kier alpha value is -1.11. The van der Waals surface area contributed by atoms with Gasteiger partial charge in [-0.1, -0.05) is 18.7 Å². The summed E-state index contributed by atoms with van der Waals surface area (Å²) in [6.45, 7) is 2.45. The molecule has 1 aliphatic rings. The van der Waals surface area contributed by atoms with Crippen molar-refractivity contribution < 1.29 is 20.1 Å². The average Bonchev–Trinajstić information content (AvgIpc) is 3.21. The molecular weight excluding hydrogens is 390 g/mol. The van der Waals surface area contributed by atoms with E-state index in [9.17, 15) is 15.3 Å². The number of aliphatic hydroxyl groups is 3. The largest absolute Gasteiger partial charge is 0.394 e. The summed E-state index contributed by atoms with van der Waals surface area (Å²) in [5, 5.41) is 33.6. The summed E-state index contributed by atoms with van der Waals surface area (Å²) in [5.74, 6) is 2.45. The van der Waals surface area contributed by atoms with Gasteiger partial charge in [-0.05, 0) is 12.7 Å². The quantitative estimate of drug-likeness (QED) is 0.264. The van der Waals surface area contributed by atoms with Crippen LogP contribution in [0.1, 0.15) is 19.6 Å². The number of rotatable bonds is 9. The van der Waals surface area contributed by atoms with Gasteiger partial charge in [-0.2, -0.15) is 11.8 Å². The van der Waals surface area contributed by atoms with Crippen molar-refractivity contribution in [2.24, 2.45) is 0 Å². The van der Waals surface area contributed by atoms with E-state index in [-0.39, 0.29) is 6.61 Å². The molecule has 2 unspecified atom stereocenters. The first-order chi connectivity index (χ1) is 13.1. The van der Waals surface area contributed by atoms with E-state index in [1.54, 1.807) is 28.1 Å². The van der Waals surface area contributed by atoms with E-state index in [1.165, 1.54) is 6.33 Å². The monoisotopic (exact) mass is 415 g/mol. The van der Waals surface area contributed by atoms with Crippen molar-refractivity contribution in [2.75, 3.05) is 36.2 Å². The Morgan fingerprint density at radius 1 is 1.26 bits per heavy atom. The number of imidazole rings is 1. The number of nitrogens with zero attached hydrogens (tertiary/aromatic N) is 4. The lowest BCUT2D eigenvalue weighted by Crippen LogP contribution is -2.33. The van der Waals surface area contributed by atoms with Crippen LogP contribution >= 0.6 is 23.5 Å². The molecule has 0 radical (unpaired) electrons. The molecule has 2 aromatic rings. The van der Waals surface area contributed by atoms with Crippen molar-refractivity contribution in [1.82, 2.24) is 19.5 Å². The first-order valence-electron chi connectivity index (χ1n) is 8.83. The van der Waals surface area contributed by atoms with Crippen molar-refractivity contribution in [1.29, 1.82) is 0 Å². The Balaban J connectivity index is 1.98. The number of aromatic nitrogens is 4. The predicted octanol–water partition coefficient (Wildman–Crippen LogP) is 0.715. The van der Waals surface area contributed by atoms with E-state index in [4.69, 9.17) is 4.74 Å². The summed E-state index contributed by atoms with van der Waals surface area (Å²) in [4.78, 5) is 13.6. The highest BCUT2D eigenvalue weighted by Gasteiger charge is 2.44. The topological polar surface area (TPSA) is 126 Å². The minimum atomic E-state index is -1.19. The second-order valence-electron chi connectivity index (χ2n) is 6.18. The van der Waals surface area contributed by atoms with E-state index in [0.717, 1.165) is 24.5 Å². The van der Waals surface area contributed by atoms with Gasteiger partial charge in [0.25, 0.3) is 0 Å². The highest BCUT2D eigenvalue weighted by Crippen LogP contribution is 2.33. The highest BCUT2D eigenvalue weighted by atomic mass is 32.2. The first kappa shape index (κ1) is 20.6. The van der Waals surface area contributed by atoms with Crippen molar-refractivity contribution in [3.8, 4) is 0 Å². The van der Waals surface area contributed by atoms with E-state index in [1.807, 2.05) is 6.26 Å². The van der Waals surface area contributed by atoms with Gasteiger partial charge in [-0.3, -0.25) is 4.57 Å². The number of aliphatic hydroxyl groups excluding tert-OH is 3. The zero-order valence-corrected chi connectivity index (χ0v) is 16.9. The molecule has 4 N–H and O–H groups in total. The lowest BCUT2D eigenvalue weighted by Gasteiger charge is -2.17. The minimum absolute atomic E-state index is 0.380. The molecule has 27 heavy (non-hydrogen) atoms. The smallest absolute Gasteiger partial charge is 0.191 e. The molecule has 0 spiro atoms. The molecule has 11 heteroatoms. The molecular formula is C16H25N5O4S2. The number of nitrogens with one attached hydrogen (secondary N) is 1. The number of anilines is 1. The number of hydrogen-bond acceptors (Lipinski definition) is 10. The van der Waals surface area contributed by atoms with Crippen LogP contribution in [0.2, 0.25) is 0 Å². The van der Waals surface area contributed by atoms with Crippen molar-refractivity contribution in [2.45, 2.75) is 43.0 Å². The summed E-state index contributed by atoms with van der Waals surface area (Å²) >= 11 is 3.28.